The van der Waals surface area contributed by atoms with Gasteiger partial charge >= 0.3 is 11.3 Å². The number of para-hydroxylation sites is 1. The number of amides is 1. The summed E-state index contributed by atoms with van der Waals surface area (Å²) in [6.07, 6.45) is 2.45. The van der Waals surface area contributed by atoms with Crippen molar-refractivity contribution in [1.29, 1.82) is 0 Å². The fourth-order valence-corrected chi connectivity index (χ4v) is 4.42. The molecular weight excluding hydrogens is 452 g/mol. The molecule has 29 heavy (non-hydrogen) atoms. The van der Waals surface area contributed by atoms with Gasteiger partial charge in [0.05, 0.1) is 11.3 Å². The molecule has 4 rings (SSSR count). The van der Waals surface area contributed by atoms with Gasteiger partial charge in [0.2, 0.25) is 11.1 Å². The fourth-order valence-electron chi connectivity index (χ4n) is 3.64. The number of carbonyl (C=O) groups excluding carboxylic acids is 1. The Balaban J connectivity index is 2.07. The van der Waals surface area contributed by atoms with Crippen LogP contribution in [0.25, 0.3) is 11.3 Å². The molecule has 2 heterocycles. The second-order valence-electron chi connectivity index (χ2n) is 6.72. The molecule has 148 valence electrons. The molecule has 3 aromatic rings. The first kappa shape index (κ1) is 19.8. The number of fused-ring (bicyclic) bond motifs is 3. The number of hydrogen-bond donors (Lipinski definition) is 1. The average Bonchev–Trinajstić information content (AvgIpc) is 2.72. The van der Waals surface area contributed by atoms with Crippen LogP contribution in [0.5, 0.6) is 0 Å². The van der Waals surface area contributed by atoms with Crippen LogP contribution < -0.4 is 15.1 Å². The van der Waals surface area contributed by atoms with E-state index in [9.17, 15) is 9.59 Å². The molecule has 0 bridgehead atoms. The number of aromatic nitrogens is 3. The summed E-state index contributed by atoms with van der Waals surface area (Å²) in [7, 11) is 0. The summed E-state index contributed by atoms with van der Waals surface area (Å²) >= 11 is 4.88. The molecule has 1 amide bonds. The van der Waals surface area contributed by atoms with Crippen molar-refractivity contribution in [2.75, 3.05) is 11.2 Å². The van der Waals surface area contributed by atoms with E-state index >= 15 is 0 Å². The average molecular weight is 472 g/mol. The number of nitrogens with one attached hydrogen (secondary N) is 1. The van der Waals surface area contributed by atoms with Gasteiger partial charge in [0.25, 0.3) is 6.17 Å². The van der Waals surface area contributed by atoms with Gasteiger partial charge < -0.3 is 0 Å². The topological polar surface area (TPSA) is 69.9 Å². The van der Waals surface area contributed by atoms with Crippen molar-refractivity contribution in [1.82, 2.24) is 10.1 Å². The normalized spacial score (nSPS) is 15.0. The number of thioether (sulfide) groups is 1. The smallest absolute Gasteiger partial charge is 0.291 e. The number of anilines is 1. The molecule has 0 unspecified atom stereocenters. The summed E-state index contributed by atoms with van der Waals surface area (Å²) in [4.78, 5) is 30.9. The Morgan fingerprint density at radius 2 is 2.07 bits per heavy atom. The van der Waals surface area contributed by atoms with E-state index in [1.54, 1.807) is 9.58 Å². The summed E-state index contributed by atoms with van der Waals surface area (Å²) in [5.74, 6) is -0.00383. The minimum absolute atomic E-state index is 0.00383. The monoisotopic (exact) mass is 471 g/mol. The lowest BCUT2D eigenvalue weighted by atomic mass is 10.0. The molecule has 0 spiro atoms. The van der Waals surface area contributed by atoms with Crippen molar-refractivity contribution >= 4 is 39.3 Å². The highest BCUT2D eigenvalue weighted by atomic mass is 79.9. The van der Waals surface area contributed by atoms with Crippen LogP contribution in [0.15, 0.2) is 63.0 Å². The van der Waals surface area contributed by atoms with Crippen molar-refractivity contribution in [2.24, 2.45) is 0 Å². The molecule has 1 aliphatic heterocycles. The lowest BCUT2D eigenvalue weighted by molar-refractivity contribution is -0.763. The first-order chi connectivity index (χ1) is 14.0. The van der Waals surface area contributed by atoms with E-state index in [0.717, 1.165) is 22.1 Å². The van der Waals surface area contributed by atoms with Crippen molar-refractivity contribution in [2.45, 2.75) is 31.1 Å². The molecule has 1 N–H and O–H groups in total. The van der Waals surface area contributed by atoms with Crippen LogP contribution in [-0.2, 0) is 4.79 Å². The Kier molecular flexibility index (Phi) is 5.56. The van der Waals surface area contributed by atoms with Crippen LogP contribution in [-0.4, -0.2) is 22.2 Å². The number of rotatable bonds is 4. The van der Waals surface area contributed by atoms with Crippen LogP contribution in [0.2, 0.25) is 0 Å². The standard InChI is InChI=1S/C21H19BrN4O2S/c1-3-7-17(27)25-16-11-5-4-10-15(16)18-19(28)23-21(29-2)24-26(18)20(25)13-8-6-9-14(22)12-13/h4-6,8-12,20H,3,7H2,1-2H3/p+1/t20-/m1/s1. The van der Waals surface area contributed by atoms with Crippen molar-refractivity contribution < 1.29 is 9.48 Å². The van der Waals surface area contributed by atoms with Crippen molar-refractivity contribution in [3.8, 4) is 11.3 Å². The molecule has 0 saturated heterocycles. The number of halogens is 1. The number of H-pyrrole nitrogens is 1. The zero-order valence-electron chi connectivity index (χ0n) is 16.1. The van der Waals surface area contributed by atoms with Crippen LogP contribution in [0, 0.1) is 0 Å². The second kappa shape index (κ2) is 8.12. The molecular formula is C21H20BrN4O2S+. The molecule has 0 saturated carbocycles. The molecule has 1 aromatic heterocycles. The number of nitrogens with zero attached hydrogens (tertiary/aromatic N) is 3. The largest absolute Gasteiger partial charge is 0.325 e. The zero-order valence-corrected chi connectivity index (χ0v) is 18.5. The predicted octanol–water partition coefficient (Wildman–Crippen LogP) is 3.90. The van der Waals surface area contributed by atoms with E-state index in [-0.39, 0.29) is 11.5 Å². The van der Waals surface area contributed by atoms with Gasteiger partial charge in [-0.25, -0.2) is 4.90 Å². The Bertz CT molecular complexity index is 1150. The minimum Gasteiger partial charge on any atom is -0.291 e. The fraction of sp³-hybridized carbons (Fsp3) is 0.238. The van der Waals surface area contributed by atoms with E-state index < -0.39 is 6.17 Å². The maximum Gasteiger partial charge on any atom is 0.325 e. The van der Waals surface area contributed by atoms with E-state index in [1.807, 2.05) is 61.7 Å². The van der Waals surface area contributed by atoms with E-state index in [4.69, 9.17) is 0 Å². The van der Waals surface area contributed by atoms with E-state index in [0.29, 0.717) is 22.8 Å². The van der Waals surface area contributed by atoms with E-state index in [2.05, 4.69) is 26.0 Å². The summed E-state index contributed by atoms with van der Waals surface area (Å²) in [5, 5.41) is 5.19. The molecule has 2 aromatic carbocycles. The maximum atomic E-state index is 13.3. The molecule has 6 nitrogen and oxygen atoms in total. The Morgan fingerprint density at radius 1 is 1.28 bits per heavy atom. The lowest BCUT2D eigenvalue weighted by Gasteiger charge is -2.32. The molecule has 0 radical (unpaired) electrons. The third-order valence-electron chi connectivity index (χ3n) is 4.83. The third kappa shape index (κ3) is 3.51. The number of benzene rings is 2. The second-order valence-corrected chi connectivity index (χ2v) is 8.43. The summed E-state index contributed by atoms with van der Waals surface area (Å²) in [6, 6.07) is 15.3. The highest BCUT2D eigenvalue weighted by Gasteiger charge is 2.45. The maximum absolute atomic E-state index is 13.3. The Hall–Kier alpha value is -2.45. The van der Waals surface area contributed by atoms with Crippen molar-refractivity contribution in [3.63, 3.8) is 0 Å². The highest BCUT2D eigenvalue weighted by Crippen LogP contribution is 2.38. The first-order valence-corrected chi connectivity index (χ1v) is 11.3. The Morgan fingerprint density at radius 3 is 2.79 bits per heavy atom. The number of carbonyl (C=O) groups is 1. The molecule has 0 fully saturated rings. The summed E-state index contributed by atoms with van der Waals surface area (Å²) in [6.45, 7) is 1.98. The van der Waals surface area contributed by atoms with Gasteiger partial charge in [0.15, 0.2) is 0 Å². The van der Waals surface area contributed by atoms with E-state index in [1.165, 1.54) is 11.8 Å². The molecule has 1 aliphatic rings. The molecule has 8 heteroatoms. The molecule has 0 aliphatic carbocycles. The highest BCUT2D eigenvalue weighted by molar-refractivity contribution is 9.10. The van der Waals surface area contributed by atoms with Gasteiger partial charge in [-0.05, 0) is 41.6 Å². The number of aromatic amines is 1. The van der Waals surface area contributed by atoms with Crippen LogP contribution >= 0.6 is 27.7 Å². The SMILES string of the molecule is CCCC(=O)N1c2ccccc2-c2c(=O)[nH]c(SC)n[n+]2[C@@H]1c1cccc(Br)c1. The van der Waals surface area contributed by atoms with Crippen LogP contribution in [0.1, 0.15) is 31.5 Å². The van der Waals surface area contributed by atoms with Crippen LogP contribution in [0.4, 0.5) is 5.69 Å². The van der Waals surface area contributed by atoms with Gasteiger partial charge in [0, 0.05) is 21.6 Å². The van der Waals surface area contributed by atoms with Crippen molar-refractivity contribution in [3.05, 3.63) is 68.9 Å². The summed E-state index contributed by atoms with van der Waals surface area (Å²) < 4.78 is 2.58. The third-order valence-corrected chi connectivity index (χ3v) is 5.89. The zero-order chi connectivity index (χ0) is 20.5. The summed E-state index contributed by atoms with van der Waals surface area (Å²) in [5.41, 5.74) is 2.52. The Labute approximate surface area is 181 Å². The van der Waals surface area contributed by atoms with Gasteiger partial charge in [-0.3, -0.25) is 14.6 Å². The lowest BCUT2D eigenvalue weighted by Crippen LogP contribution is -2.60. The van der Waals surface area contributed by atoms with Gasteiger partial charge in [-0.1, -0.05) is 58.9 Å². The van der Waals surface area contributed by atoms with Crippen LogP contribution in [0.3, 0.4) is 0 Å². The predicted molar refractivity (Wildman–Crippen MR) is 117 cm³/mol. The quantitative estimate of drug-likeness (QED) is 0.462. The van der Waals surface area contributed by atoms with Gasteiger partial charge in [0.1, 0.15) is 0 Å². The number of hydrogen-bond acceptors (Lipinski definition) is 4. The minimum atomic E-state index is -0.551. The first-order valence-electron chi connectivity index (χ1n) is 9.32. The van der Waals surface area contributed by atoms with Gasteiger partial charge in [-0.15, -0.1) is 0 Å². The van der Waals surface area contributed by atoms with Gasteiger partial charge in [-0.2, -0.15) is 0 Å². The molecule has 1 atom stereocenters.